The average molecular weight is 526 g/mol. The van der Waals surface area contributed by atoms with Crippen molar-refractivity contribution in [3.63, 3.8) is 0 Å². The third kappa shape index (κ3) is 5.49. The Morgan fingerprint density at radius 1 is 1.16 bits per heavy atom. The summed E-state index contributed by atoms with van der Waals surface area (Å²) in [5.74, 6) is 0.851. The maximum atomic E-state index is 13.6. The van der Waals surface area contributed by atoms with Crippen molar-refractivity contribution in [2.75, 3.05) is 6.61 Å². The first kappa shape index (κ1) is 26.1. The molecule has 5 rings (SSSR count). The number of aromatic nitrogens is 3. The molecule has 0 unspecified atom stereocenters. The molecule has 0 aliphatic heterocycles. The van der Waals surface area contributed by atoms with Crippen LogP contribution in [0.4, 0.5) is 8.78 Å². The number of ether oxygens (including phenoxy) is 1. The van der Waals surface area contributed by atoms with Gasteiger partial charge in [0, 0.05) is 35.8 Å². The molecular weight excluding hydrogens is 492 g/mol. The van der Waals surface area contributed by atoms with Gasteiger partial charge in [-0.25, -0.2) is 18.7 Å². The van der Waals surface area contributed by atoms with E-state index < -0.39 is 6.43 Å². The molecule has 1 aromatic carbocycles. The summed E-state index contributed by atoms with van der Waals surface area (Å²) in [7, 11) is 0. The van der Waals surface area contributed by atoms with Crippen molar-refractivity contribution < 1.29 is 23.1 Å². The van der Waals surface area contributed by atoms with Crippen LogP contribution in [-0.2, 0) is 4.79 Å². The van der Waals surface area contributed by atoms with Gasteiger partial charge >= 0.3 is 0 Å². The Labute approximate surface area is 220 Å². The molecule has 8 nitrogen and oxygen atoms in total. The van der Waals surface area contributed by atoms with Gasteiger partial charge in [0.15, 0.2) is 0 Å². The highest BCUT2D eigenvalue weighted by atomic mass is 19.3. The highest BCUT2D eigenvalue weighted by Crippen LogP contribution is 2.38. The van der Waals surface area contributed by atoms with E-state index >= 15 is 0 Å². The third-order valence-electron chi connectivity index (χ3n) is 7.57. The minimum absolute atomic E-state index is 0.0386. The van der Waals surface area contributed by atoms with Gasteiger partial charge < -0.3 is 20.4 Å². The number of hydrogen-bond donors (Lipinski definition) is 3. The molecule has 2 aromatic heterocycles. The summed E-state index contributed by atoms with van der Waals surface area (Å²) >= 11 is 0. The Morgan fingerprint density at radius 2 is 1.95 bits per heavy atom. The Morgan fingerprint density at radius 3 is 2.63 bits per heavy atom. The average Bonchev–Trinajstić information content (AvgIpc) is 3.63. The molecule has 2 aliphatic rings. The number of carbonyl (C=O) groups is 2. The fourth-order valence-electron chi connectivity index (χ4n) is 5.36. The lowest BCUT2D eigenvalue weighted by Gasteiger charge is -2.34. The Kier molecular flexibility index (Phi) is 7.32. The number of carbonyl (C=O) groups excluding carboxylic acids is 2. The van der Waals surface area contributed by atoms with Crippen LogP contribution in [0.2, 0.25) is 0 Å². The molecule has 2 aliphatic carbocycles. The molecule has 202 valence electrons. The smallest absolute Gasteiger partial charge is 0.263 e. The van der Waals surface area contributed by atoms with Crippen molar-refractivity contribution in [2.45, 2.75) is 71.4 Å². The van der Waals surface area contributed by atoms with Crippen molar-refractivity contribution in [3.05, 3.63) is 41.3 Å². The number of amides is 2. The molecule has 3 aromatic rings. The predicted molar refractivity (Wildman–Crippen MR) is 139 cm³/mol. The second-order valence-electron chi connectivity index (χ2n) is 10.6. The number of fused-ring (bicyclic) bond motifs is 1. The van der Waals surface area contributed by atoms with E-state index in [-0.39, 0.29) is 35.4 Å². The number of nitrogens with zero attached hydrogens (tertiary/aromatic N) is 2. The van der Waals surface area contributed by atoms with Gasteiger partial charge in [0.1, 0.15) is 23.3 Å². The van der Waals surface area contributed by atoms with Crippen LogP contribution in [0.1, 0.15) is 74.0 Å². The van der Waals surface area contributed by atoms with Gasteiger partial charge in [-0.15, -0.1) is 0 Å². The van der Waals surface area contributed by atoms with Crippen molar-refractivity contribution in [2.24, 2.45) is 11.8 Å². The highest BCUT2D eigenvalue weighted by molar-refractivity contribution is 6.09. The lowest BCUT2D eigenvalue weighted by molar-refractivity contribution is -0.120. The van der Waals surface area contributed by atoms with Gasteiger partial charge in [-0.2, -0.15) is 0 Å². The number of halogens is 2. The molecule has 0 spiro atoms. The molecule has 2 heterocycles. The monoisotopic (exact) mass is 525 g/mol. The minimum Gasteiger partial charge on any atom is -0.493 e. The summed E-state index contributed by atoms with van der Waals surface area (Å²) < 4.78 is 33.2. The largest absolute Gasteiger partial charge is 0.493 e. The topological polar surface area (TPSA) is 109 Å². The molecule has 3 N–H and O–H groups in total. The number of alkyl halides is 2. The van der Waals surface area contributed by atoms with Gasteiger partial charge in [0.25, 0.3) is 12.3 Å². The van der Waals surface area contributed by atoms with E-state index in [0.717, 1.165) is 32.1 Å². The maximum Gasteiger partial charge on any atom is 0.263 e. The molecule has 10 heteroatoms. The summed E-state index contributed by atoms with van der Waals surface area (Å²) in [5.41, 5.74) is 2.68. The van der Waals surface area contributed by atoms with Gasteiger partial charge in [-0.1, -0.05) is 6.92 Å². The predicted octanol–water partition coefficient (Wildman–Crippen LogP) is 5.08. The number of aromatic amines is 1. The highest BCUT2D eigenvalue weighted by Gasteiger charge is 2.31. The van der Waals surface area contributed by atoms with Gasteiger partial charge in [-0.3, -0.25) is 9.59 Å². The molecule has 0 radical (unpaired) electrons. The zero-order valence-corrected chi connectivity index (χ0v) is 21.8. The van der Waals surface area contributed by atoms with Crippen LogP contribution in [0.15, 0.2) is 24.5 Å². The molecule has 2 fully saturated rings. The summed E-state index contributed by atoms with van der Waals surface area (Å²) in [6.45, 7) is 5.90. The molecular formula is C28H33F2N5O3. The Balaban J connectivity index is 1.44. The number of hydrogen-bond acceptors (Lipinski definition) is 5. The molecule has 38 heavy (non-hydrogen) atoms. The first-order valence-corrected chi connectivity index (χ1v) is 13.2. The summed E-state index contributed by atoms with van der Waals surface area (Å²) in [5, 5.41) is 6.13. The number of rotatable bonds is 8. The van der Waals surface area contributed by atoms with Crippen molar-refractivity contribution >= 4 is 22.8 Å². The van der Waals surface area contributed by atoms with Gasteiger partial charge in [-0.05, 0) is 69.1 Å². The Hall–Kier alpha value is -3.56. The second kappa shape index (κ2) is 10.7. The zero-order chi connectivity index (χ0) is 27.0. The van der Waals surface area contributed by atoms with E-state index in [1.165, 1.54) is 25.4 Å². The van der Waals surface area contributed by atoms with Crippen molar-refractivity contribution in [1.29, 1.82) is 0 Å². The van der Waals surface area contributed by atoms with Gasteiger partial charge in [0.2, 0.25) is 5.91 Å². The summed E-state index contributed by atoms with van der Waals surface area (Å²) in [4.78, 5) is 36.9. The lowest BCUT2D eigenvalue weighted by Crippen LogP contribution is -2.47. The van der Waals surface area contributed by atoms with E-state index in [9.17, 15) is 18.4 Å². The van der Waals surface area contributed by atoms with E-state index in [0.29, 0.717) is 51.8 Å². The second-order valence-corrected chi connectivity index (χ2v) is 10.6. The normalized spacial score (nSPS) is 21.5. The van der Waals surface area contributed by atoms with Crippen LogP contribution < -0.4 is 15.4 Å². The molecule has 0 saturated heterocycles. The van der Waals surface area contributed by atoms with Crippen LogP contribution >= 0.6 is 0 Å². The van der Waals surface area contributed by atoms with Crippen molar-refractivity contribution in [3.8, 4) is 17.0 Å². The molecule has 2 amide bonds. The van der Waals surface area contributed by atoms with Crippen LogP contribution in [-0.4, -0.2) is 45.5 Å². The van der Waals surface area contributed by atoms with Crippen LogP contribution in [0.5, 0.6) is 5.75 Å². The standard InChI is InChI=1S/C28H33F2N5O3/c1-14-10-19(34-16(3)36)7-8-21(14)35-28(37)23-15(2)33-26-24(31-13-32-25(23)26)20-11-18(27(29)30)6-9-22(20)38-12-17-4-5-17/h6,9,11,13-14,17,19,21,27,33H,4-5,7-8,10,12H2,1-3H3,(H,34,36)(H,35,37)/t14-,19-,21-/m1/s1. The SMILES string of the molecule is CC(=O)N[C@@H]1CC[C@@H](NC(=O)c2c(C)[nH]c3c(-c4cc(C(F)F)ccc4OCC4CC4)ncnc23)[C@H](C)C1. The van der Waals surface area contributed by atoms with E-state index in [1.54, 1.807) is 13.0 Å². The number of aryl methyl sites for hydroxylation is 1. The maximum absolute atomic E-state index is 13.6. The number of nitrogens with one attached hydrogen (secondary N) is 3. The third-order valence-corrected chi connectivity index (χ3v) is 7.57. The van der Waals surface area contributed by atoms with Crippen molar-refractivity contribution in [1.82, 2.24) is 25.6 Å². The van der Waals surface area contributed by atoms with E-state index in [1.807, 2.05) is 0 Å². The first-order chi connectivity index (χ1) is 18.2. The molecule has 3 atom stereocenters. The van der Waals surface area contributed by atoms with Crippen LogP contribution in [0.3, 0.4) is 0 Å². The fourth-order valence-corrected chi connectivity index (χ4v) is 5.36. The summed E-state index contributed by atoms with van der Waals surface area (Å²) in [6, 6.07) is 4.41. The van der Waals surface area contributed by atoms with E-state index in [4.69, 9.17) is 4.74 Å². The van der Waals surface area contributed by atoms with Gasteiger partial charge in [0.05, 0.1) is 17.7 Å². The quantitative estimate of drug-likeness (QED) is 0.380. The summed E-state index contributed by atoms with van der Waals surface area (Å²) in [6.07, 6.45) is 3.24. The van der Waals surface area contributed by atoms with Crippen LogP contribution in [0, 0.1) is 18.8 Å². The lowest BCUT2D eigenvalue weighted by atomic mass is 9.82. The molecule has 0 bridgehead atoms. The minimum atomic E-state index is -2.64. The Bertz CT molecular complexity index is 1350. The fraction of sp³-hybridized carbons (Fsp3) is 0.500. The number of benzene rings is 1. The number of H-pyrrole nitrogens is 1. The zero-order valence-electron chi connectivity index (χ0n) is 21.8. The molecule has 2 saturated carbocycles. The van der Waals surface area contributed by atoms with E-state index in [2.05, 4.69) is 32.5 Å². The van der Waals surface area contributed by atoms with Crippen LogP contribution in [0.25, 0.3) is 22.3 Å². The first-order valence-electron chi connectivity index (χ1n) is 13.2.